The summed E-state index contributed by atoms with van der Waals surface area (Å²) in [6.07, 6.45) is 6.18. The lowest BCUT2D eigenvalue weighted by Crippen LogP contribution is -2.40. The molecular formula is C23H19ClO2. The summed E-state index contributed by atoms with van der Waals surface area (Å²) in [5.74, 6) is 1.88. The number of fused-ring (bicyclic) bond motifs is 1. The Morgan fingerprint density at radius 3 is 2.12 bits per heavy atom. The molecule has 0 saturated carbocycles. The lowest BCUT2D eigenvalue weighted by Gasteiger charge is -2.34. The van der Waals surface area contributed by atoms with Crippen molar-refractivity contribution in [3.05, 3.63) is 82.4 Å². The zero-order valence-corrected chi connectivity index (χ0v) is 15.3. The van der Waals surface area contributed by atoms with Crippen LogP contribution >= 0.6 is 11.6 Å². The van der Waals surface area contributed by atoms with Gasteiger partial charge in [-0.2, -0.15) is 0 Å². The molecule has 130 valence electrons. The van der Waals surface area contributed by atoms with Gasteiger partial charge in [0.15, 0.2) is 11.6 Å². The van der Waals surface area contributed by atoms with Crippen LogP contribution in [-0.2, 0) is 0 Å². The highest BCUT2D eigenvalue weighted by Gasteiger charge is 2.57. The monoisotopic (exact) mass is 362 g/mol. The highest BCUT2D eigenvalue weighted by atomic mass is 35.5. The number of benzene rings is 2. The second-order valence-corrected chi connectivity index (χ2v) is 7.26. The lowest BCUT2D eigenvalue weighted by molar-refractivity contribution is 0.0649. The smallest absolute Gasteiger partial charge is 0.178 e. The molecule has 3 rings (SSSR count). The number of hydrogen-bond acceptors (Lipinski definition) is 2. The van der Waals surface area contributed by atoms with Gasteiger partial charge in [0.1, 0.15) is 5.41 Å². The molecular weight excluding hydrogens is 344 g/mol. The van der Waals surface area contributed by atoms with Gasteiger partial charge in [-0.3, -0.25) is 9.59 Å². The van der Waals surface area contributed by atoms with Crippen molar-refractivity contribution < 1.29 is 9.59 Å². The van der Waals surface area contributed by atoms with Crippen molar-refractivity contribution in [1.29, 1.82) is 0 Å². The minimum Gasteiger partial charge on any atom is -0.293 e. The van der Waals surface area contributed by atoms with E-state index >= 15 is 0 Å². The molecule has 0 bridgehead atoms. The first kappa shape index (κ1) is 18.2. The molecule has 2 aromatic rings. The van der Waals surface area contributed by atoms with Gasteiger partial charge >= 0.3 is 0 Å². The fraction of sp³-hybridized carbons (Fsp3) is 0.217. The lowest BCUT2D eigenvalue weighted by atomic mass is 9.64. The number of carbonyl (C=O) groups is 2. The van der Waals surface area contributed by atoms with Gasteiger partial charge < -0.3 is 0 Å². The van der Waals surface area contributed by atoms with E-state index < -0.39 is 11.3 Å². The maximum absolute atomic E-state index is 13.5. The third-order valence-electron chi connectivity index (χ3n) is 5.00. The zero-order chi connectivity index (χ0) is 18.9. The molecule has 0 aliphatic heterocycles. The van der Waals surface area contributed by atoms with Gasteiger partial charge in [0.25, 0.3) is 0 Å². The summed E-state index contributed by atoms with van der Waals surface area (Å²) in [6, 6.07) is 14.2. The Labute approximate surface area is 158 Å². The summed E-state index contributed by atoms with van der Waals surface area (Å²) in [6.45, 7) is 5.80. The summed E-state index contributed by atoms with van der Waals surface area (Å²) >= 11 is 6.01. The molecule has 1 aliphatic carbocycles. The molecule has 0 fully saturated rings. The summed E-state index contributed by atoms with van der Waals surface area (Å²) in [4.78, 5) is 26.9. The first-order chi connectivity index (χ1) is 12.4. The average Bonchev–Trinajstić information content (AvgIpc) is 2.83. The first-order valence-electron chi connectivity index (χ1n) is 8.43. The van der Waals surface area contributed by atoms with Crippen molar-refractivity contribution in [3.63, 3.8) is 0 Å². The van der Waals surface area contributed by atoms with Gasteiger partial charge in [0.2, 0.25) is 0 Å². The van der Waals surface area contributed by atoms with Gasteiger partial charge in [-0.25, -0.2) is 0 Å². The first-order valence-corrected chi connectivity index (χ1v) is 8.81. The normalized spacial score (nSPS) is 16.0. The van der Waals surface area contributed by atoms with E-state index in [1.807, 2.05) is 19.1 Å². The van der Waals surface area contributed by atoms with Crippen molar-refractivity contribution in [2.45, 2.75) is 25.7 Å². The third-order valence-corrected chi connectivity index (χ3v) is 5.25. The molecule has 0 radical (unpaired) electrons. The number of hydrogen-bond donors (Lipinski definition) is 0. The van der Waals surface area contributed by atoms with Crippen molar-refractivity contribution in [3.8, 4) is 12.3 Å². The van der Waals surface area contributed by atoms with E-state index in [4.69, 9.17) is 18.0 Å². The molecule has 0 amide bonds. The Morgan fingerprint density at radius 1 is 1.12 bits per heavy atom. The zero-order valence-electron chi connectivity index (χ0n) is 14.6. The van der Waals surface area contributed by atoms with Crippen LogP contribution in [0.3, 0.4) is 0 Å². The largest absolute Gasteiger partial charge is 0.293 e. The van der Waals surface area contributed by atoms with Gasteiger partial charge in [-0.05, 0) is 31.0 Å². The fourth-order valence-electron chi connectivity index (χ4n) is 3.93. The molecule has 26 heavy (non-hydrogen) atoms. The van der Waals surface area contributed by atoms with Crippen LogP contribution in [0.15, 0.2) is 60.7 Å². The molecule has 0 aromatic heterocycles. The fourth-order valence-corrected chi connectivity index (χ4v) is 4.05. The predicted molar refractivity (Wildman–Crippen MR) is 105 cm³/mol. The summed E-state index contributed by atoms with van der Waals surface area (Å²) < 4.78 is 0. The number of halogens is 1. The standard InChI is InChI=1S/C23H19ClO2/c1-4-7-20(16-10-12-17(24)13-11-16)23(14-15(2)3)21(25)18-8-5-6-9-19(18)22(23)26/h1,5-6,8-13,20H,2,7,14H2,3H3. The molecule has 1 aliphatic rings. The number of ketones is 2. The minimum atomic E-state index is -1.25. The molecule has 2 aromatic carbocycles. The van der Waals surface area contributed by atoms with Crippen molar-refractivity contribution in [2.24, 2.45) is 5.41 Å². The molecule has 2 nitrogen and oxygen atoms in total. The predicted octanol–water partition coefficient (Wildman–Crippen LogP) is 5.48. The highest BCUT2D eigenvalue weighted by Crippen LogP contribution is 2.51. The van der Waals surface area contributed by atoms with E-state index in [2.05, 4.69) is 12.5 Å². The van der Waals surface area contributed by atoms with Gasteiger partial charge in [0, 0.05) is 28.5 Å². The summed E-state index contributed by atoms with van der Waals surface area (Å²) in [5, 5.41) is 0.592. The molecule has 0 saturated heterocycles. The average molecular weight is 363 g/mol. The van der Waals surface area contributed by atoms with E-state index in [1.54, 1.807) is 36.4 Å². The number of Topliss-reactive ketones (excluding diaryl/α,β-unsaturated/α-hetero) is 2. The van der Waals surface area contributed by atoms with Crippen LogP contribution in [0, 0.1) is 17.8 Å². The van der Waals surface area contributed by atoms with Gasteiger partial charge in [-0.15, -0.1) is 18.9 Å². The molecule has 1 atom stereocenters. The van der Waals surface area contributed by atoms with Crippen LogP contribution in [0.4, 0.5) is 0 Å². The summed E-state index contributed by atoms with van der Waals surface area (Å²) in [7, 11) is 0. The molecule has 0 spiro atoms. The minimum absolute atomic E-state index is 0.170. The number of terminal acetylenes is 1. The molecule has 0 N–H and O–H groups in total. The topological polar surface area (TPSA) is 34.1 Å². The SMILES string of the molecule is C#CCC(c1ccc(Cl)cc1)C1(CC(=C)C)C(=O)c2ccccc2C1=O. The van der Waals surface area contributed by atoms with Crippen LogP contribution < -0.4 is 0 Å². The van der Waals surface area contributed by atoms with E-state index in [9.17, 15) is 9.59 Å². The molecule has 1 unspecified atom stereocenters. The second-order valence-electron chi connectivity index (χ2n) is 6.82. The Hall–Kier alpha value is -2.63. The van der Waals surface area contributed by atoms with Crippen LogP contribution in [0.1, 0.15) is 52.0 Å². The maximum atomic E-state index is 13.5. The van der Waals surface area contributed by atoms with Gasteiger partial charge in [-0.1, -0.05) is 53.6 Å². The van der Waals surface area contributed by atoms with Crippen molar-refractivity contribution >= 4 is 23.2 Å². The Kier molecular flexibility index (Phi) is 4.85. The number of allylic oxidation sites excluding steroid dienone is 1. The van der Waals surface area contributed by atoms with E-state index in [0.717, 1.165) is 11.1 Å². The van der Waals surface area contributed by atoms with Gasteiger partial charge in [0.05, 0.1) is 0 Å². The van der Waals surface area contributed by atoms with E-state index in [-0.39, 0.29) is 24.4 Å². The van der Waals surface area contributed by atoms with Crippen LogP contribution in [0.2, 0.25) is 5.02 Å². The van der Waals surface area contributed by atoms with E-state index in [0.29, 0.717) is 16.1 Å². The Balaban J connectivity index is 2.23. The Bertz CT molecular complexity index is 896. The third kappa shape index (κ3) is 2.79. The number of rotatable bonds is 5. The highest BCUT2D eigenvalue weighted by molar-refractivity contribution is 6.31. The van der Waals surface area contributed by atoms with Crippen molar-refractivity contribution in [2.75, 3.05) is 0 Å². The van der Waals surface area contributed by atoms with Crippen molar-refractivity contribution in [1.82, 2.24) is 0 Å². The second kappa shape index (κ2) is 6.94. The summed E-state index contributed by atoms with van der Waals surface area (Å²) in [5.41, 5.74) is 1.29. The van der Waals surface area contributed by atoms with E-state index in [1.165, 1.54) is 0 Å². The van der Waals surface area contributed by atoms with Crippen LogP contribution in [0.5, 0.6) is 0 Å². The quantitative estimate of drug-likeness (QED) is 0.401. The molecule has 3 heteroatoms. The maximum Gasteiger partial charge on any atom is 0.178 e. The van der Waals surface area contributed by atoms with Crippen LogP contribution in [0.25, 0.3) is 0 Å². The van der Waals surface area contributed by atoms with Crippen LogP contribution in [-0.4, -0.2) is 11.6 Å². The number of carbonyl (C=O) groups excluding carboxylic acids is 2. The molecule has 0 heterocycles. The Morgan fingerprint density at radius 2 is 1.65 bits per heavy atom.